The summed E-state index contributed by atoms with van der Waals surface area (Å²) in [6.45, 7) is 9.73. The van der Waals surface area contributed by atoms with Gasteiger partial charge in [-0.1, -0.05) is 48.9 Å². The van der Waals surface area contributed by atoms with E-state index in [1.165, 1.54) is 23.8 Å². The minimum atomic E-state index is -0.392. The molecular formula is C35H40ClFN3O3U-. The maximum Gasteiger partial charge on any atom is 0.214 e. The Morgan fingerprint density at radius 1 is 1.20 bits per heavy atom. The summed E-state index contributed by atoms with van der Waals surface area (Å²) in [7, 11) is 2.02. The van der Waals surface area contributed by atoms with Gasteiger partial charge in [-0.15, -0.1) is 6.07 Å². The zero-order chi connectivity index (χ0) is 30.8. The minimum absolute atomic E-state index is 0. The Kier molecular flexibility index (Phi) is 14.5. The zero-order valence-electron chi connectivity index (χ0n) is 25.7. The molecule has 1 aliphatic heterocycles. The van der Waals surface area contributed by atoms with Gasteiger partial charge in [0.15, 0.2) is 0 Å². The molecule has 1 atom stereocenters. The number of nitrogens with zero attached hydrogens (tertiary/aromatic N) is 3. The summed E-state index contributed by atoms with van der Waals surface area (Å²) >= 11 is 5.84. The smallest absolute Gasteiger partial charge is 0.214 e. The Morgan fingerprint density at radius 3 is 2.57 bits per heavy atom. The molecular weight excluding hydrogens is 803 g/mol. The zero-order valence-corrected chi connectivity index (χ0v) is 30.7. The molecule has 0 N–H and O–H groups in total. The van der Waals surface area contributed by atoms with Gasteiger partial charge in [0.25, 0.3) is 0 Å². The van der Waals surface area contributed by atoms with Crippen LogP contribution in [0, 0.1) is 56.7 Å². The number of Topliss-reactive ketones (excluding diaryl/α,β-unsaturated/α-hetero) is 1. The van der Waals surface area contributed by atoms with Gasteiger partial charge in [0.1, 0.15) is 18.2 Å². The van der Waals surface area contributed by atoms with E-state index in [9.17, 15) is 9.18 Å². The molecule has 0 spiro atoms. The van der Waals surface area contributed by atoms with E-state index < -0.39 is 5.82 Å². The van der Waals surface area contributed by atoms with Crippen molar-refractivity contribution in [2.24, 2.45) is 5.92 Å². The number of halogens is 2. The first-order valence-electron chi connectivity index (χ1n) is 14.8. The molecule has 1 saturated heterocycles. The molecule has 1 aromatic carbocycles. The molecule has 6 nitrogen and oxygen atoms in total. The maximum absolute atomic E-state index is 14.1. The maximum atomic E-state index is 14.1. The second-order valence-electron chi connectivity index (χ2n) is 10.8. The van der Waals surface area contributed by atoms with Crippen LogP contribution in [0.5, 0.6) is 5.88 Å². The van der Waals surface area contributed by atoms with Crippen molar-refractivity contribution >= 4 is 28.8 Å². The summed E-state index contributed by atoms with van der Waals surface area (Å²) in [5, 5.41) is 0.356. The van der Waals surface area contributed by atoms with E-state index in [0.717, 1.165) is 62.4 Å². The van der Waals surface area contributed by atoms with Crippen LogP contribution in [0.2, 0.25) is 5.02 Å². The Labute approximate surface area is 289 Å². The van der Waals surface area contributed by atoms with Gasteiger partial charge < -0.3 is 24.2 Å². The van der Waals surface area contributed by atoms with Gasteiger partial charge in [-0.25, -0.2) is 9.37 Å². The number of aryl methyl sites for hydroxylation is 1. The molecule has 1 aliphatic carbocycles. The van der Waals surface area contributed by atoms with Crippen LogP contribution in [-0.2, 0) is 11.3 Å². The van der Waals surface area contributed by atoms with Crippen molar-refractivity contribution in [1.82, 2.24) is 9.97 Å². The number of rotatable bonds is 10. The van der Waals surface area contributed by atoms with Crippen molar-refractivity contribution in [3.05, 3.63) is 107 Å². The van der Waals surface area contributed by atoms with E-state index in [1.807, 2.05) is 32.2 Å². The summed E-state index contributed by atoms with van der Waals surface area (Å²) < 4.78 is 24.6. The summed E-state index contributed by atoms with van der Waals surface area (Å²) in [5.41, 5.74) is 5.11. The van der Waals surface area contributed by atoms with Crippen molar-refractivity contribution in [2.45, 2.75) is 59.0 Å². The molecule has 3 heterocycles. The number of hydrogen-bond acceptors (Lipinski definition) is 6. The Hall–Kier alpha value is -2.63. The van der Waals surface area contributed by atoms with Gasteiger partial charge in [-0.3, -0.25) is 0 Å². The fourth-order valence-electron chi connectivity index (χ4n) is 4.95. The Morgan fingerprint density at radius 2 is 1.95 bits per heavy atom. The third kappa shape index (κ3) is 10.2. The van der Waals surface area contributed by atoms with E-state index in [0.29, 0.717) is 28.1 Å². The molecule has 1 fully saturated rings. The van der Waals surface area contributed by atoms with E-state index in [-0.39, 0.29) is 43.5 Å². The number of allylic oxidation sites excluding steroid dienone is 4. The number of carbonyl (C=O) groups is 1. The number of benzene rings is 1. The number of pyridine rings is 2. The molecule has 2 aromatic heterocycles. The van der Waals surface area contributed by atoms with Gasteiger partial charge >= 0.3 is 0 Å². The molecule has 0 saturated carbocycles. The summed E-state index contributed by atoms with van der Waals surface area (Å²) in [6, 6.07) is 13.9. The third-order valence-corrected chi connectivity index (χ3v) is 7.82. The predicted molar refractivity (Wildman–Crippen MR) is 171 cm³/mol. The first-order valence-corrected chi connectivity index (χ1v) is 15.2. The van der Waals surface area contributed by atoms with Gasteiger partial charge in [0.2, 0.25) is 5.88 Å². The average molecular weight is 843 g/mol. The molecule has 2 aliphatic rings. The second kappa shape index (κ2) is 17.8. The van der Waals surface area contributed by atoms with Crippen LogP contribution < -0.4 is 9.64 Å². The van der Waals surface area contributed by atoms with Crippen LogP contribution in [-0.4, -0.2) is 36.0 Å². The first kappa shape index (κ1) is 35.8. The van der Waals surface area contributed by atoms with Crippen molar-refractivity contribution in [1.29, 1.82) is 0 Å². The number of ether oxygens (including phenoxy) is 2. The van der Waals surface area contributed by atoms with Crippen LogP contribution >= 0.6 is 11.6 Å². The summed E-state index contributed by atoms with van der Waals surface area (Å²) in [6.07, 6.45) is 10.5. The Balaban J connectivity index is 0.000000977. The monoisotopic (exact) mass is 842 g/mol. The van der Waals surface area contributed by atoms with Crippen molar-refractivity contribution in [3.63, 3.8) is 0 Å². The van der Waals surface area contributed by atoms with Gasteiger partial charge in [0.05, 0.1) is 5.69 Å². The van der Waals surface area contributed by atoms with Crippen molar-refractivity contribution < 1.29 is 49.8 Å². The topological polar surface area (TPSA) is 64.5 Å². The van der Waals surface area contributed by atoms with Crippen molar-refractivity contribution in [3.8, 4) is 5.88 Å². The van der Waals surface area contributed by atoms with Crippen LogP contribution in [0.3, 0.4) is 0 Å². The molecule has 5 rings (SSSR count). The largest absolute Gasteiger partial charge is 0.473 e. The van der Waals surface area contributed by atoms with E-state index in [4.69, 9.17) is 21.1 Å². The van der Waals surface area contributed by atoms with Crippen LogP contribution in [0.25, 0.3) is 5.57 Å². The molecule has 0 bridgehead atoms. The second-order valence-corrected chi connectivity index (χ2v) is 11.3. The fourth-order valence-corrected chi connectivity index (χ4v) is 5.11. The van der Waals surface area contributed by atoms with E-state index in [1.54, 1.807) is 24.3 Å². The van der Waals surface area contributed by atoms with E-state index >= 15 is 0 Å². The number of carbonyl (C=O) groups excluding carboxylic acids is 1. The molecule has 9 heteroatoms. The SMILES string of the molecule is C1COC1.[CH2-]C(=O)c1ccc(C)c(N(C)/C(=C/CC)CC2CC=C(c3cccc(OCc4ccc(Cl)cc4F)n3)CC2)n1.[U]. The summed E-state index contributed by atoms with van der Waals surface area (Å²) in [4.78, 5) is 23.2. The Bertz CT molecular complexity index is 1470. The first-order chi connectivity index (χ1) is 20.7. The molecule has 44 heavy (non-hydrogen) atoms. The minimum Gasteiger partial charge on any atom is -0.473 e. The number of ketones is 1. The number of hydrogen-bond donors (Lipinski definition) is 0. The molecule has 0 amide bonds. The van der Waals surface area contributed by atoms with E-state index in [2.05, 4.69) is 40.9 Å². The molecule has 0 radical (unpaired) electrons. The van der Waals surface area contributed by atoms with Gasteiger partial charge in [-0.05, 0) is 86.4 Å². The molecule has 1 unspecified atom stereocenters. The van der Waals surface area contributed by atoms with Gasteiger partial charge in [-0.2, -0.15) is 6.92 Å². The van der Waals surface area contributed by atoms with Crippen LogP contribution in [0.1, 0.15) is 72.8 Å². The van der Waals surface area contributed by atoms with Crippen LogP contribution in [0.15, 0.2) is 66.4 Å². The third-order valence-electron chi connectivity index (χ3n) is 7.58. The fraction of sp³-hybridized carbons (Fsp3) is 0.371. The van der Waals surface area contributed by atoms with Gasteiger partial charge in [0, 0.05) is 79.5 Å². The van der Waals surface area contributed by atoms with Crippen molar-refractivity contribution in [2.75, 3.05) is 25.2 Å². The molecule has 3 aromatic rings. The normalized spacial score (nSPS) is 16.0. The summed E-state index contributed by atoms with van der Waals surface area (Å²) in [5.74, 6) is 1.06. The van der Waals surface area contributed by atoms with Crippen LogP contribution in [0.4, 0.5) is 10.2 Å². The standard InChI is InChI=1S/C32H34ClFN3O2.C3H6O.U/c1-5-7-27(37(4)32-21(2)10-17-29(36-32)22(3)38)18-23-11-13-24(14-12-23)30-8-6-9-31(35-30)39-20-25-15-16-26(33)19-28(25)34;1-2-4-3-1;/h6-10,13,15-17,19,23H,3,5,11-12,14,18,20H2,1-2,4H3;1-3H2;/q-1;;/b27-7+;;. The quantitative estimate of drug-likeness (QED) is 0.151. The predicted octanol–water partition coefficient (Wildman–Crippen LogP) is 8.58. The molecule has 232 valence electrons. The average Bonchev–Trinajstić information content (AvgIpc) is 2.96. The number of aromatic nitrogens is 2. The number of anilines is 1.